The molecule has 0 atom stereocenters. The summed E-state index contributed by atoms with van der Waals surface area (Å²) in [5.74, 6) is 0.130. The van der Waals surface area contributed by atoms with Crippen molar-refractivity contribution in [2.75, 3.05) is 19.0 Å². The largest absolute Gasteiger partial charge is 0.377 e. The lowest BCUT2D eigenvalue weighted by molar-refractivity contribution is 0.0993. The van der Waals surface area contributed by atoms with Gasteiger partial charge in [0.05, 0.1) is 0 Å². The van der Waals surface area contributed by atoms with Crippen LogP contribution in [0.4, 0.5) is 5.69 Å². The minimum Gasteiger partial charge on any atom is -0.377 e. The van der Waals surface area contributed by atoms with Gasteiger partial charge in [0.25, 0.3) is 0 Å². The van der Waals surface area contributed by atoms with Crippen molar-refractivity contribution in [3.63, 3.8) is 0 Å². The Hall–Kier alpha value is -3.65. The second-order valence-corrected chi connectivity index (χ2v) is 7.59. The predicted molar refractivity (Wildman–Crippen MR) is 126 cm³/mol. The summed E-state index contributed by atoms with van der Waals surface area (Å²) in [6, 6.07) is 34.6. The van der Waals surface area contributed by atoms with Gasteiger partial charge in [0, 0.05) is 37.3 Å². The molecule has 2 nitrogen and oxygen atoms in total. The molecule has 148 valence electrons. The summed E-state index contributed by atoms with van der Waals surface area (Å²) in [6.45, 7) is 0. The summed E-state index contributed by atoms with van der Waals surface area (Å²) in [4.78, 5) is 15.1. The number of nitrogens with zero attached hydrogens (tertiary/aromatic N) is 1. The van der Waals surface area contributed by atoms with Crippen molar-refractivity contribution >= 4 is 11.5 Å². The Morgan fingerprint density at radius 1 is 0.667 bits per heavy atom. The second-order valence-electron chi connectivity index (χ2n) is 7.59. The number of rotatable bonds is 6. The zero-order chi connectivity index (χ0) is 20.9. The minimum atomic E-state index is 0.130. The molecule has 0 aliphatic carbocycles. The van der Waals surface area contributed by atoms with Crippen LogP contribution in [0.1, 0.15) is 15.9 Å². The number of hydrogen-bond acceptors (Lipinski definition) is 2. The van der Waals surface area contributed by atoms with Crippen molar-refractivity contribution < 1.29 is 4.79 Å². The molecule has 0 N–H and O–H groups in total. The third-order valence-electron chi connectivity index (χ3n) is 5.30. The zero-order valence-corrected chi connectivity index (χ0v) is 17.4. The van der Waals surface area contributed by atoms with Crippen LogP contribution in [-0.2, 0) is 6.42 Å². The molecule has 4 aromatic rings. The maximum Gasteiger partial charge on any atom is 0.167 e. The first-order valence-electron chi connectivity index (χ1n) is 10.2. The molecule has 0 saturated carbocycles. The van der Waals surface area contributed by atoms with Crippen molar-refractivity contribution in [3.8, 4) is 22.3 Å². The van der Waals surface area contributed by atoms with Crippen LogP contribution >= 0.6 is 0 Å². The van der Waals surface area contributed by atoms with Gasteiger partial charge in [-0.05, 0) is 22.3 Å². The van der Waals surface area contributed by atoms with Crippen LogP contribution in [0.5, 0.6) is 0 Å². The van der Waals surface area contributed by atoms with E-state index in [1.807, 2.05) is 56.6 Å². The van der Waals surface area contributed by atoms with Crippen LogP contribution in [-0.4, -0.2) is 19.9 Å². The second kappa shape index (κ2) is 8.79. The fourth-order valence-electron chi connectivity index (χ4n) is 3.94. The monoisotopic (exact) mass is 391 g/mol. The van der Waals surface area contributed by atoms with Crippen molar-refractivity contribution in [1.29, 1.82) is 0 Å². The van der Waals surface area contributed by atoms with Gasteiger partial charge in [-0.15, -0.1) is 0 Å². The number of Topliss-reactive ketones (excluding diaryl/α,β-unsaturated/α-hetero) is 1. The van der Waals surface area contributed by atoms with Gasteiger partial charge in [0.1, 0.15) is 0 Å². The van der Waals surface area contributed by atoms with Gasteiger partial charge in [0.15, 0.2) is 5.78 Å². The molecule has 4 aromatic carbocycles. The Bertz CT molecular complexity index is 1130. The predicted octanol–water partition coefficient (Wildman–Crippen LogP) is 6.51. The molecule has 0 aliphatic rings. The summed E-state index contributed by atoms with van der Waals surface area (Å²) in [7, 11) is 4.10. The molecule has 0 spiro atoms. The molecule has 0 amide bonds. The molecular formula is C28H25NO. The first-order valence-corrected chi connectivity index (χ1v) is 10.2. The fourth-order valence-corrected chi connectivity index (χ4v) is 3.94. The quantitative estimate of drug-likeness (QED) is 0.349. The lowest BCUT2D eigenvalue weighted by atomic mass is 9.88. The van der Waals surface area contributed by atoms with Crippen LogP contribution in [0, 0.1) is 0 Å². The summed E-state index contributed by atoms with van der Waals surface area (Å²) >= 11 is 0. The van der Waals surface area contributed by atoms with Crippen molar-refractivity contribution in [2.24, 2.45) is 0 Å². The van der Waals surface area contributed by atoms with Crippen LogP contribution in [0.2, 0.25) is 0 Å². The summed E-state index contributed by atoms with van der Waals surface area (Å²) < 4.78 is 0. The molecule has 0 fully saturated rings. The van der Waals surface area contributed by atoms with Gasteiger partial charge in [-0.2, -0.15) is 0 Å². The Morgan fingerprint density at radius 3 is 1.77 bits per heavy atom. The minimum absolute atomic E-state index is 0.130. The molecule has 0 aliphatic heterocycles. The summed E-state index contributed by atoms with van der Waals surface area (Å²) in [5.41, 5.74) is 7.51. The highest BCUT2D eigenvalue weighted by molar-refractivity contribution is 6.00. The number of anilines is 1. The number of ketones is 1. The van der Waals surface area contributed by atoms with E-state index in [1.54, 1.807) is 0 Å². The zero-order valence-electron chi connectivity index (χ0n) is 17.4. The van der Waals surface area contributed by atoms with E-state index in [0.29, 0.717) is 6.42 Å². The molecule has 4 rings (SSSR count). The molecule has 0 radical (unpaired) electrons. The van der Waals surface area contributed by atoms with E-state index < -0.39 is 0 Å². The van der Waals surface area contributed by atoms with Gasteiger partial charge in [0.2, 0.25) is 0 Å². The summed E-state index contributed by atoms with van der Waals surface area (Å²) in [5, 5.41) is 0. The van der Waals surface area contributed by atoms with Crippen LogP contribution in [0.25, 0.3) is 22.3 Å². The number of carbonyl (C=O) groups is 1. The molecule has 0 unspecified atom stereocenters. The molecule has 2 heteroatoms. The van der Waals surface area contributed by atoms with Crippen LogP contribution < -0.4 is 4.90 Å². The number of hydrogen-bond donors (Lipinski definition) is 0. The van der Waals surface area contributed by atoms with Crippen LogP contribution in [0.15, 0.2) is 103 Å². The lowest BCUT2D eigenvalue weighted by Gasteiger charge is -2.25. The molecule has 0 bridgehead atoms. The number of carbonyl (C=O) groups excluding carboxylic acids is 1. The fraction of sp³-hybridized carbons (Fsp3) is 0.107. The summed E-state index contributed by atoms with van der Waals surface area (Å²) in [6.07, 6.45) is 0.367. The average molecular weight is 392 g/mol. The lowest BCUT2D eigenvalue weighted by Crippen LogP contribution is -2.15. The van der Waals surface area contributed by atoms with E-state index in [4.69, 9.17) is 0 Å². The van der Waals surface area contributed by atoms with E-state index in [-0.39, 0.29) is 5.78 Å². The highest BCUT2D eigenvalue weighted by Crippen LogP contribution is 2.41. The molecule has 0 heterocycles. The van der Waals surface area contributed by atoms with Gasteiger partial charge in [-0.1, -0.05) is 103 Å². The SMILES string of the molecule is CN(C)c1c(CC(=O)c2ccccc2)ccc(-c2ccccc2)c1-c1ccccc1. The first kappa shape index (κ1) is 19.7. The average Bonchev–Trinajstić information content (AvgIpc) is 2.80. The van der Waals surface area contributed by atoms with E-state index >= 15 is 0 Å². The van der Waals surface area contributed by atoms with Gasteiger partial charge < -0.3 is 4.90 Å². The Balaban J connectivity index is 1.90. The highest BCUT2D eigenvalue weighted by Gasteiger charge is 2.20. The topological polar surface area (TPSA) is 20.3 Å². The molecular weight excluding hydrogens is 366 g/mol. The molecule has 30 heavy (non-hydrogen) atoms. The van der Waals surface area contributed by atoms with Crippen molar-refractivity contribution in [3.05, 3.63) is 114 Å². The van der Waals surface area contributed by atoms with E-state index in [2.05, 4.69) is 65.6 Å². The standard InChI is InChI=1S/C28H25NO/c1-29(2)28-24(20-26(30)22-14-8-4-9-15-22)18-19-25(21-12-6-3-7-13-21)27(28)23-16-10-5-11-17-23/h3-19H,20H2,1-2H3. The maximum atomic E-state index is 13.0. The van der Waals surface area contributed by atoms with Crippen molar-refractivity contribution in [2.45, 2.75) is 6.42 Å². The third kappa shape index (κ3) is 4.04. The van der Waals surface area contributed by atoms with E-state index in [9.17, 15) is 4.79 Å². The highest BCUT2D eigenvalue weighted by atomic mass is 16.1. The normalized spacial score (nSPS) is 10.6. The maximum absolute atomic E-state index is 13.0. The first-order chi connectivity index (χ1) is 14.6. The Labute approximate surface area is 178 Å². The van der Waals surface area contributed by atoms with E-state index in [1.165, 1.54) is 11.1 Å². The van der Waals surface area contributed by atoms with Gasteiger partial charge in [-0.25, -0.2) is 0 Å². The third-order valence-corrected chi connectivity index (χ3v) is 5.30. The Morgan fingerprint density at radius 2 is 1.20 bits per heavy atom. The number of benzene rings is 4. The van der Waals surface area contributed by atoms with Crippen LogP contribution in [0.3, 0.4) is 0 Å². The smallest absolute Gasteiger partial charge is 0.167 e. The Kier molecular flexibility index (Phi) is 5.76. The van der Waals surface area contributed by atoms with E-state index in [0.717, 1.165) is 27.9 Å². The van der Waals surface area contributed by atoms with Crippen molar-refractivity contribution in [1.82, 2.24) is 0 Å². The van der Waals surface area contributed by atoms with Gasteiger partial charge >= 0.3 is 0 Å². The molecule has 0 aromatic heterocycles. The van der Waals surface area contributed by atoms with Gasteiger partial charge in [-0.3, -0.25) is 4.79 Å². The molecule has 0 saturated heterocycles.